The van der Waals surface area contributed by atoms with Gasteiger partial charge in [0.1, 0.15) is 0 Å². The monoisotopic (exact) mass is 247 g/mol. The molecule has 1 unspecified atom stereocenters. The summed E-state index contributed by atoms with van der Waals surface area (Å²) in [6, 6.07) is 7.41. The van der Waals surface area contributed by atoms with Crippen LogP contribution in [0.3, 0.4) is 0 Å². The van der Waals surface area contributed by atoms with Gasteiger partial charge in [0.15, 0.2) is 0 Å². The molecule has 1 aliphatic heterocycles. The molecule has 0 radical (unpaired) electrons. The van der Waals surface area contributed by atoms with Crippen molar-refractivity contribution in [3.05, 3.63) is 35.4 Å². The molecule has 1 N–H and O–H groups in total. The van der Waals surface area contributed by atoms with Crippen molar-refractivity contribution < 1.29 is 14.7 Å². The summed E-state index contributed by atoms with van der Waals surface area (Å²) in [6.45, 7) is 2.87. The Morgan fingerprint density at radius 1 is 1.33 bits per heavy atom. The molecular formula is C14H17NO3. The Labute approximate surface area is 106 Å². The third-order valence-corrected chi connectivity index (χ3v) is 3.43. The fraction of sp³-hybridized carbons (Fsp3) is 0.429. The molecule has 0 saturated carbocycles. The van der Waals surface area contributed by atoms with Crippen LogP contribution in [0.4, 0.5) is 0 Å². The van der Waals surface area contributed by atoms with Gasteiger partial charge in [0.2, 0.25) is 0 Å². The van der Waals surface area contributed by atoms with Crippen molar-refractivity contribution in [1.29, 1.82) is 0 Å². The van der Waals surface area contributed by atoms with Crippen LogP contribution in [-0.4, -0.2) is 35.0 Å². The zero-order chi connectivity index (χ0) is 13.1. The molecule has 1 amide bonds. The summed E-state index contributed by atoms with van der Waals surface area (Å²) in [5.41, 5.74) is 1.60. The second kappa shape index (κ2) is 5.21. The van der Waals surface area contributed by atoms with Crippen molar-refractivity contribution in [2.24, 2.45) is 5.92 Å². The molecule has 0 aliphatic carbocycles. The summed E-state index contributed by atoms with van der Waals surface area (Å²) >= 11 is 0. The average Bonchev–Trinajstić information content (AvgIpc) is 2.38. The number of aryl methyl sites for hydroxylation is 1. The Balaban J connectivity index is 2.14. The molecule has 1 fully saturated rings. The fourth-order valence-electron chi connectivity index (χ4n) is 2.35. The molecule has 4 nitrogen and oxygen atoms in total. The van der Waals surface area contributed by atoms with Crippen LogP contribution in [0.15, 0.2) is 24.3 Å². The highest BCUT2D eigenvalue weighted by molar-refractivity contribution is 5.95. The van der Waals surface area contributed by atoms with Gasteiger partial charge in [-0.15, -0.1) is 0 Å². The van der Waals surface area contributed by atoms with Gasteiger partial charge >= 0.3 is 5.97 Å². The second-order valence-electron chi connectivity index (χ2n) is 4.74. The highest BCUT2D eigenvalue weighted by atomic mass is 16.4. The number of hydrogen-bond donors (Lipinski definition) is 1. The van der Waals surface area contributed by atoms with E-state index in [4.69, 9.17) is 5.11 Å². The molecule has 96 valence electrons. The molecule has 18 heavy (non-hydrogen) atoms. The number of aliphatic carboxylic acids is 1. The van der Waals surface area contributed by atoms with Crippen LogP contribution in [0.25, 0.3) is 0 Å². The zero-order valence-electron chi connectivity index (χ0n) is 10.4. The fourth-order valence-corrected chi connectivity index (χ4v) is 2.35. The maximum absolute atomic E-state index is 12.3. The van der Waals surface area contributed by atoms with Crippen LogP contribution < -0.4 is 0 Å². The van der Waals surface area contributed by atoms with Crippen molar-refractivity contribution in [3.63, 3.8) is 0 Å². The molecule has 1 heterocycles. The number of likely N-dealkylation sites (tertiary alicyclic amines) is 1. The van der Waals surface area contributed by atoms with E-state index in [0.29, 0.717) is 25.1 Å². The van der Waals surface area contributed by atoms with E-state index in [0.717, 1.165) is 12.0 Å². The normalized spacial score (nSPS) is 19.6. The van der Waals surface area contributed by atoms with Gasteiger partial charge in [-0.25, -0.2) is 0 Å². The minimum Gasteiger partial charge on any atom is -0.481 e. The largest absolute Gasteiger partial charge is 0.481 e. The lowest BCUT2D eigenvalue weighted by molar-refractivity contribution is -0.143. The summed E-state index contributed by atoms with van der Waals surface area (Å²) in [7, 11) is 0. The molecular weight excluding hydrogens is 230 g/mol. The second-order valence-corrected chi connectivity index (χ2v) is 4.74. The molecule has 0 bridgehead atoms. The van der Waals surface area contributed by atoms with Crippen molar-refractivity contribution in [1.82, 2.24) is 4.90 Å². The smallest absolute Gasteiger partial charge is 0.308 e. The van der Waals surface area contributed by atoms with E-state index in [9.17, 15) is 9.59 Å². The van der Waals surface area contributed by atoms with Gasteiger partial charge in [-0.3, -0.25) is 9.59 Å². The highest BCUT2D eigenvalue weighted by Crippen LogP contribution is 2.20. The number of nitrogens with zero attached hydrogens (tertiary/aromatic N) is 1. The van der Waals surface area contributed by atoms with Gasteiger partial charge in [0.05, 0.1) is 5.92 Å². The first-order chi connectivity index (χ1) is 8.59. The molecule has 1 atom stereocenters. The van der Waals surface area contributed by atoms with Gasteiger partial charge in [-0.1, -0.05) is 18.2 Å². The quantitative estimate of drug-likeness (QED) is 0.868. The molecule has 0 spiro atoms. The van der Waals surface area contributed by atoms with E-state index in [1.165, 1.54) is 0 Å². The summed E-state index contributed by atoms with van der Waals surface area (Å²) in [5, 5.41) is 9.02. The third kappa shape index (κ3) is 2.53. The Bertz CT molecular complexity index is 470. The molecule has 1 aliphatic rings. The van der Waals surface area contributed by atoms with Crippen LogP contribution >= 0.6 is 0 Å². The maximum Gasteiger partial charge on any atom is 0.308 e. The van der Waals surface area contributed by atoms with Crippen LogP contribution in [0, 0.1) is 12.8 Å². The number of carbonyl (C=O) groups excluding carboxylic acids is 1. The van der Waals surface area contributed by atoms with Crippen LogP contribution in [0.1, 0.15) is 28.8 Å². The SMILES string of the molecule is Cc1ccccc1C(=O)N1CCCC(C(=O)O)C1. The van der Waals surface area contributed by atoms with Gasteiger partial charge in [0, 0.05) is 18.7 Å². The molecule has 2 rings (SSSR count). The summed E-state index contributed by atoms with van der Waals surface area (Å²) in [5.74, 6) is -1.29. The predicted octanol–water partition coefficient (Wildman–Crippen LogP) is 1.93. The Morgan fingerprint density at radius 3 is 2.72 bits per heavy atom. The van der Waals surface area contributed by atoms with Crippen molar-refractivity contribution in [2.45, 2.75) is 19.8 Å². The van der Waals surface area contributed by atoms with Gasteiger partial charge < -0.3 is 10.0 Å². The van der Waals surface area contributed by atoms with Crippen LogP contribution in [0.5, 0.6) is 0 Å². The minimum absolute atomic E-state index is 0.0564. The van der Waals surface area contributed by atoms with E-state index >= 15 is 0 Å². The van der Waals surface area contributed by atoms with E-state index in [-0.39, 0.29) is 5.91 Å². The lowest BCUT2D eigenvalue weighted by Gasteiger charge is -2.31. The number of piperidine rings is 1. The van der Waals surface area contributed by atoms with Crippen LogP contribution in [-0.2, 0) is 4.79 Å². The van der Waals surface area contributed by atoms with Gasteiger partial charge in [-0.2, -0.15) is 0 Å². The van der Waals surface area contributed by atoms with Crippen molar-refractivity contribution in [2.75, 3.05) is 13.1 Å². The number of carboxylic acids is 1. The van der Waals surface area contributed by atoms with Crippen molar-refractivity contribution in [3.8, 4) is 0 Å². The number of carbonyl (C=O) groups is 2. The molecule has 4 heteroatoms. The van der Waals surface area contributed by atoms with Crippen LogP contribution in [0.2, 0.25) is 0 Å². The first kappa shape index (κ1) is 12.6. The molecule has 1 aromatic carbocycles. The van der Waals surface area contributed by atoms with Crippen molar-refractivity contribution >= 4 is 11.9 Å². The third-order valence-electron chi connectivity index (χ3n) is 3.43. The average molecular weight is 247 g/mol. The highest BCUT2D eigenvalue weighted by Gasteiger charge is 2.28. The topological polar surface area (TPSA) is 57.6 Å². The summed E-state index contributed by atoms with van der Waals surface area (Å²) in [4.78, 5) is 25.0. The molecule has 0 aromatic heterocycles. The summed E-state index contributed by atoms with van der Waals surface area (Å²) < 4.78 is 0. The number of amides is 1. The first-order valence-corrected chi connectivity index (χ1v) is 6.17. The van der Waals surface area contributed by atoms with E-state index < -0.39 is 11.9 Å². The Morgan fingerprint density at radius 2 is 2.06 bits per heavy atom. The standard InChI is InChI=1S/C14H17NO3/c1-10-5-2-3-7-12(10)13(16)15-8-4-6-11(9-15)14(17)18/h2-3,5,7,11H,4,6,8-9H2,1H3,(H,17,18). The van der Waals surface area contributed by atoms with E-state index in [2.05, 4.69) is 0 Å². The van der Waals surface area contributed by atoms with E-state index in [1.807, 2.05) is 25.1 Å². The number of carboxylic acid groups (broad SMARTS) is 1. The molecule has 1 saturated heterocycles. The number of rotatable bonds is 2. The lowest BCUT2D eigenvalue weighted by Crippen LogP contribution is -2.42. The Kier molecular flexibility index (Phi) is 3.65. The Hall–Kier alpha value is -1.84. The zero-order valence-corrected chi connectivity index (χ0v) is 10.4. The molecule has 1 aromatic rings. The lowest BCUT2D eigenvalue weighted by atomic mass is 9.97. The van der Waals surface area contributed by atoms with Gasteiger partial charge in [-0.05, 0) is 31.4 Å². The van der Waals surface area contributed by atoms with E-state index in [1.54, 1.807) is 11.0 Å². The summed E-state index contributed by atoms with van der Waals surface area (Å²) in [6.07, 6.45) is 1.42. The number of hydrogen-bond acceptors (Lipinski definition) is 2. The maximum atomic E-state index is 12.3. The first-order valence-electron chi connectivity index (χ1n) is 6.17. The predicted molar refractivity (Wildman–Crippen MR) is 67.4 cm³/mol. The minimum atomic E-state index is -0.808. The number of benzene rings is 1. The van der Waals surface area contributed by atoms with Gasteiger partial charge in [0.25, 0.3) is 5.91 Å².